The Kier molecular flexibility index (Phi) is 7.68. The van der Waals surface area contributed by atoms with Crippen molar-refractivity contribution in [1.82, 2.24) is 15.5 Å². The predicted molar refractivity (Wildman–Crippen MR) is 75.5 cm³/mol. The number of rotatable bonds is 6. The third-order valence-electron chi connectivity index (χ3n) is 2.80. The molecule has 0 aromatic heterocycles. The van der Waals surface area contributed by atoms with Crippen LogP contribution < -0.4 is 10.6 Å². The van der Waals surface area contributed by atoms with Crippen LogP contribution in [-0.4, -0.2) is 55.3 Å². The van der Waals surface area contributed by atoms with Crippen LogP contribution in [0.15, 0.2) is 0 Å². The highest BCUT2D eigenvalue weighted by Gasteiger charge is 2.15. The van der Waals surface area contributed by atoms with Crippen molar-refractivity contribution in [3.8, 4) is 0 Å². The minimum absolute atomic E-state index is 0.169. The number of unbranched alkanes of at least 4 members (excludes halogenated alkanes) is 1. The first-order valence-electron chi connectivity index (χ1n) is 6.61. The van der Waals surface area contributed by atoms with Crippen molar-refractivity contribution in [3.05, 3.63) is 0 Å². The van der Waals surface area contributed by atoms with Gasteiger partial charge in [-0.25, -0.2) is 0 Å². The highest BCUT2D eigenvalue weighted by atomic mass is 32.1. The molecule has 0 saturated carbocycles. The quantitative estimate of drug-likeness (QED) is 0.545. The average Bonchev–Trinajstić information content (AvgIpc) is 2.40. The Bertz CT molecular complexity index is 268. The minimum atomic E-state index is 0.169. The van der Waals surface area contributed by atoms with E-state index in [0.717, 1.165) is 19.4 Å². The van der Waals surface area contributed by atoms with Gasteiger partial charge in [0.05, 0.1) is 13.2 Å². The molecule has 1 saturated heterocycles. The van der Waals surface area contributed by atoms with Crippen molar-refractivity contribution in [3.63, 3.8) is 0 Å². The number of nitrogens with one attached hydrogen (secondary N) is 2. The number of carbonyl (C=O) groups excluding carboxylic acids is 1. The molecule has 1 amide bonds. The van der Waals surface area contributed by atoms with E-state index < -0.39 is 0 Å². The second-order valence-corrected chi connectivity index (χ2v) is 4.69. The molecule has 0 radical (unpaired) electrons. The minimum Gasteiger partial charge on any atom is -0.378 e. The lowest BCUT2D eigenvalue weighted by atomic mass is 10.3. The highest BCUT2D eigenvalue weighted by molar-refractivity contribution is 7.80. The Morgan fingerprint density at radius 3 is 2.61 bits per heavy atom. The average molecular weight is 273 g/mol. The maximum Gasteiger partial charge on any atom is 0.224 e. The maximum absolute atomic E-state index is 11.8. The van der Waals surface area contributed by atoms with Crippen molar-refractivity contribution < 1.29 is 9.53 Å². The highest BCUT2D eigenvalue weighted by Crippen LogP contribution is 1.99. The Hall–Kier alpha value is -0.880. The van der Waals surface area contributed by atoms with Gasteiger partial charge in [0.1, 0.15) is 0 Å². The van der Waals surface area contributed by atoms with Crippen LogP contribution in [0.5, 0.6) is 0 Å². The topological polar surface area (TPSA) is 53.6 Å². The van der Waals surface area contributed by atoms with Crippen LogP contribution >= 0.6 is 12.2 Å². The molecule has 1 heterocycles. The zero-order chi connectivity index (χ0) is 13.2. The third kappa shape index (κ3) is 6.16. The summed E-state index contributed by atoms with van der Waals surface area (Å²) in [6.45, 7) is 6.33. The molecule has 1 aliphatic rings. The number of ether oxygens (including phenoxy) is 1. The van der Waals surface area contributed by atoms with Gasteiger partial charge in [-0.2, -0.15) is 0 Å². The van der Waals surface area contributed by atoms with Crippen molar-refractivity contribution in [1.29, 1.82) is 0 Å². The molecule has 0 aromatic carbocycles. The van der Waals surface area contributed by atoms with E-state index in [2.05, 4.69) is 17.6 Å². The Balaban J connectivity index is 2.05. The van der Waals surface area contributed by atoms with Crippen LogP contribution in [0.25, 0.3) is 0 Å². The molecule has 1 rings (SSSR count). The molecule has 0 bridgehead atoms. The number of thiocarbonyl (C=S) groups is 1. The molecule has 5 nitrogen and oxygen atoms in total. The van der Waals surface area contributed by atoms with Gasteiger partial charge >= 0.3 is 0 Å². The lowest BCUT2D eigenvalue weighted by molar-refractivity contribution is -0.135. The van der Waals surface area contributed by atoms with Crippen molar-refractivity contribution in [2.24, 2.45) is 0 Å². The summed E-state index contributed by atoms with van der Waals surface area (Å²) in [5.41, 5.74) is 0. The van der Waals surface area contributed by atoms with E-state index in [9.17, 15) is 4.79 Å². The van der Waals surface area contributed by atoms with Gasteiger partial charge in [0.15, 0.2) is 5.11 Å². The Morgan fingerprint density at radius 1 is 1.28 bits per heavy atom. The third-order valence-corrected chi connectivity index (χ3v) is 3.09. The summed E-state index contributed by atoms with van der Waals surface area (Å²) in [5.74, 6) is 0.169. The fourth-order valence-corrected chi connectivity index (χ4v) is 1.90. The van der Waals surface area contributed by atoms with Gasteiger partial charge in [-0.05, 0) is 18.6 Å². The van der Waals surface area contributed by atoms with E-state index in [1.54, 1.807) is 0 Å². The summed E-state index contributed by atoms with van der Waals surface area (Å²) < 4.78 is 5.21. The lowest BCUT2D eigenvalue weighted by Crippen LogP contribution is -2.43. The van der Waals surface area contributed by atoms with Gasteiger partial charge in [0.25, 0.3) is 0 Å². The van der Waals surface area contributed by atoms with Gasteiger partial charge < -0.3 is 20.3 Å². The molecule has 1 aliphatic heterocycles. The van der Waals surface area contributed by atoms with Crippen molar-refractivity contribution in [2.45, 2.75) is 26.2 Å². The van der Waals surface area contributed by atoms with Crippen LogP contribution in [0, 0.1) is 0 Å². The molecule has 6 heteroatoms. The number of amides is 1. The van der Waals surface area contributed by atoms with Crippen LogP contribution in [0.4, 0.5) is 0 Å². The molecule has 18 heavy (non-hydrogen) atoms. The van der Waals surface area contributed by atoms with Gasteiger partial charge in [-0.1, -0.05) is 13.3 Å². The predicted octanol–water partition coefficient (Wildman–Crippen LogP) is 0.500. The standard InChI is InChI=1S/C12H23N3O2S/c1-2-3-5-13-12(18)14-6-4-11(16)15-7-9-17-10-8-15/h2-10H2,1H3,(H2,13,14,18). The second-order valence-electron chi connectivity index (χ2n) is 4.28. The summed E-state index contributed by atoms with van der Waals surface area (Å²) >= 11 is 5.11. The Morgan fingerprint density at radius 2 is 1.94 bits per heavy atom. The first-order chi connectivity index (χ1) is 8.74. The van der Waals surface area contributed by atoms with Gasteiger partial charge in [0.2, 0.25) is 5.91 Å². The van der Waals surface area contributed by atoms with Gasteiger partial charge in [-0.15, -0.1) is 0 Å². The lowest BCUT2D eigenvalue weighted by Gasteiger charge is -2.26. The van der Waals surface area contributed by atoms with E-state index in [-0.39, 0.29) is 5.91 Å². The molecule has 1 fully saturated rings. The van der Waals surface area contributed by atoms with Crippen LogP contribution in [-0.2, 0) is 9.53 Å². The maximum atomic E-state index is 11.8. The summed E-state index contributed by atoms with van der Waals surface area (Å²) in [7, 11) is 0. The van der Waals surface area contributed by atoms with Gasteiger partial charge in [-0.3, -0.25) is 4.79 Å². The summed E-state index contributed by atoms with van der Waals surface area (Å²) in [4.78, 5) is 13.7. The number of nitrogens with zero attached hydrogens (tertiary/aromatic N) is 1. The fourth-order valence-electron chi connectivity index (χ4n) is 1.70. The normalized spacial score (nSPS) is 15.3. The van der Waals surface area contributed by atoms with E-state index in [0.29, 0.717) is 44.4 Å². The van der Waals surface area contributed by atoms with Gasteiger partial charge in [0, 0.05) is 32.6 Å². The molecule has 104 valence electrons. The van der Waals surface area contributed by atoms with E-state index in [4.69, 9.17) is 17.0 Å². The summed E-state index contributed by atoms with van der Waals surface area (Å²) in [6.07, 6.45) is 2.73. The summed E-state index contributed by atoms with van der Waals surface area (Å²) in [6, 6.07) is 0. The molecule has 0 atom stereocenters. The van der Waals surface area contributed by atoms with Crippen molar-refractivity contribution >= 4 is 23.2 Å². The molecular weight excluding hydrogens is 250 g/mol. The summed E-state index contributed by atoms with van der Waals surface area (Å²) in [5, 5.41) is 6.80. The molecular formula is C12H23N3O2S. The monoisotopic (exact) mass is 273 g/mol. The number of hydrogen-bond acceptors (Lipinski definition) is 3. The van der Waals surface area contributed by atoms with E-state index >= 15 is 0 Å². The Labute approximate surface area is 114 Å². The zero-order valence-corrected chi connectivity index (χ0v) is 11.9. The van der Waals surface area contributed by atoms with Crippen LogP contribution in [0.1, 0.15) is 26.2 Å². The number of morpholine rings is 1. The largest absolute Gasteiger partial charge is 0.378 e. The molecule has 0 aromatic rings. The first-order valence-corrected chi connectivity index (χ1v) is 7.02. The number of carbonyl (C=O) groups is 1. The SMILES string of the molecule is CCCCNC(=S)NCCC(=O)N1CCOCC1. The molecule has 2 N–H and O–H groups in total. The molecule has 0 aliphatic carbocycles. The number of hydrogen-bond donors (Lipinski definition) is 2. The zero-order valence-electron chi connectivity index (χ0n) is 11.0. The van der Waals surface area contributed by atoms with Crippen LogP contribution in [0.2, 0.25) is 0 Å². The van der Waals surface area contributed by atoms with Crippen LogP contribution in [0.3, 0.4) is 0 Å². The first kappa shape index (κ1) is 15.2. The fraction of sp³-hybridized carbons (Fsp3) is 0.833. The van der Waals surface area contributed by atoms with E-state index in [1.807, 2.05) is 4.90 Å². The van der Waals surface area contributed by atoms with Crippen molar-refractivity contribution in [2.75, 3.05) is 39.4 Å². The van der Waals surface area contributed by atoms with E-state index in [1.165, 1.54) is 0 Å². The molecule has 0 spiro atoms. The molecule has 0 unspecified atom stereocenters. The smallest absolute Gasteiger partial charge is 0.224 e. The second kappa shape index (κ2) is 9.10.